The van der Waals surface area contributed by atoms with Gasteiger partial charge in [0.1, 0.15) is 17.6 Å². The highest BCUT2D eigenvalue weighted by Gasteiger charge is 2.61. The van der Waals surface area contributed by atoms with E-state index >= 15 is 4.39 Å². The van der Waals surface area contributed by atoms with Crippen LogP contribution in [0.15, 0.2) is 17.1 Å². The van der Waals surface area contributed by atoms with E-state index < -0.39 is 52.4 Å². The first-order valence-electron chi connectivity index (χ1n) is 10.1. The van der Waals surface area contributed by atoms with Crippen LogP contribution in [0.4, 0.5) is 23.2 Å². The van der Waals surface area contributed by atoms with Gasteiger partial charge in [0.15, 0.2) is 0 Å². The van der Waals surface area contributed by atoms with E-state index in [1.807, 2.05) is 0 Å². The van der Waals surface area contributed by atoms with E-state index in [1.54, 1.807) is 0 Å². The van der Waals surface area contributed by atoms with Gasteiger partial charge in [0, 0.05) is 43.1 Å². The van der Waals surface area contributed by atoms with Crippen LogP contribution >= 0.6 is 0 Å². The van der Waals surface area contributed by atoms with Gasteiger partial charge in [-0.2, -0.15) is 0 Å². The molecule has 166 valence electrons. The predicted molar refractivity (Wildman–Crippen MR) is 105 cm³/mol. The second kappa shape index (κ2) is 6.21. The number of hydrogen-bond donors (Lipinski definition) is 2. The molecule has 10 heteroatoms. The number of rotatable bonds is 3. The number of nitrogens with zero attached hydrogens (tertiary/aromatic N) is 2. The van der Waals surface area contributed by atoms with E-state index in [4.69, 9.17) is 5.73 Å². The summed E-state index contributed by atoms with van der Waals surface area (Å²) in [5.41, 5.74) is 4.18. The summed E-state index contributed by atoms with van der Waals surface area (Å²) in [5.74, 6) is -6.38. The van der Waals surface area contributed by atoms with E-state index in [0.717, 1.165) is 12.3 Å². The fraction of sp³-hybridized carbons (Fsp3) is 0.524. The molecule has 2 saturated carbocycles. The Kier molecular flexibility index (Phi) is 4.07. The van der Waals surface area contributed by atoms with Gasteiger partial charge in [0.05, 0.1) is 23.2 Å². The molecule has 0 bridgehead atoms. The van der Waals surface area contributed by atoms with Crippen molar-refractivity contribution >= 4 is 22.6 Å². The third-order valence-electron chi connectivity index (χ3n) is 7.08. The van der Waals surface area contributed by atoms with Crippen molar-refractivity contribution in [3.63, 3.8) is 0 Å². The molecule has 1 saturated heterocycles. The van der Waals surface area contributed by atoms with Crippen LogP contribution in [-0.4, -0.2) is 46.4 Å². The summed E-state index contributed by atoms with van der Waals surface area (Å²) in [4.78, 5) is 25.7. The molecule has 2 aromatic rings. The van der Waals surface area contributed by atoms with Crippen LogP contribution in [0.5, 0.6) is 0 Å². The monoisotopic (exact) mass is 439 g/mol. The number of pyridine rings is 1. The highest BCUT2D eigenvalue weighted by Crippen LogP contribution is 2.51. The normalized spacial score (nSPS) is 31.3. The molecule has 1 aromatic carbocycles. The summed E-state index contributed by atoms with van der Waals surface area (Å²) in [6.45, 7) is 1.42. The lowest BCUT2D eigenvalue weighted by atomic mass is 9.91. The SMILES string of the molecule is Cc1c(N2C[C@H]3C(F)(F)CCC3(N)C2)c(F)cc2c(=O)c(C(=O)O)cn(C3C[C@@H]3F)c12. The van der Waals surface area contributed by atoms with Crippen molar-refractivity contribution < 1.29 is 27.5 Å². The number of fused-ring (bicyclic) bond motifs is 2. The van der Waals surface area contributed by atoms with E-state index in [0.29, 0.717) is 0 Å². The second-order valence-electron chi connectivity index (χ2n) is 9.06. The Bertz CT molecular complexity index is 1200. The van der Waals surface area contributed by atoms with Crippen molar-refractivity contribution in [3.8, 4) is 0 Å². The minimum absolute atomic E-state index is 0.0309. The fourth-order valence-corrected chi connectivity index (χ4v) is 5.40. The summed E-state index contributed by atoms with van der Waals surface area (Å²) in [6, 6.07) is 0.259. The predicted octanol–water partition coefficient (Wildman–Crippen LogP) is 2.99. The number of nitrogens with two attached hydrogens (primary N) is 1. The van der Waals surface area contributed by atoms with E-state index in [1.165, 1.54) is 16.4 Å². The van der Waals surface area contributed by atoms with Gasteiger partial charge in [-0.15, -0.1) is 0 Å². The van der Waals surface area contributed by atoms with Crippen LogP contribution in [0.3, 0.4) is 0 Å². The molecule has 5 rings (SSSR count). The molecule has 0 spiro atoms. The lowest BCUT2D eigenvalue weighted by Gasteiger charge is -2.26. The number of carboxylic acids is 1. The molecule has 2 heterocycles. The van der Waals surface area contributed by atoms with Crippen LogP contribution in [0.25, 0.3) is 10.9 Å². The molecule has 3 aliphatic rings. The van der Waals surface area contributed by atoms with Crippen molar-refractivity contribution in [3.05, 3.63) is 39.4 Å². The molecular formula is C21H21F4N3O3. The number of hydrogen-bond acceptors (Lipinski definition) is 4. The highest BCUT2D eigenvalue weighted by atomic mass is 19.3. The zero-order valence-corrected chi connectivity index (χ0v) is 16.7. The summed E-state index contributed by atoms with van der Waals surface area (Å²) in [5, 5.41) is 9.18. The number of aromatic carboxylic acids is 1. The highest BCUT2D eigenvalue weighted by molar-refractivity contribution is 5.95. The number of aromatic nitrogens is 1. The molecule has 1 aliphatic heterocycles. The Hall–Kier alpha value is -2.62. The second-order valence-corrected chi connectivity index (χ2v) is 9.06. The minimum atomic E-state index is -2.95. The molecular weight excluding hydrogens is 418 g/mol. The Balaban J connectivity index is 1.71. The van der Waals surface area contributed by atoms with Gasteiger partial charge in [-0.3, -0.25) is 4.79 Å². The molecule has 6 nitrogen and oxygen atoms in total. The topological polar surface area (TPSA) is 88.6 Å². The van der Waals surface area contributed by atoms with Crippen molar-refractivity contribution in [2.45, 2.75) is 49.9 Å². The molecule has 0 amide bonds. The zero-order chi connectivity index (χ0) is 22.5. The number of alkyl halides is 3. The maximum atomic E-state index is 15.2. The van der Waals surface area contributed by atoms with Gasteiger partial charge >= 0.3 is 5.97 Å². The maximum Gasteiger partial charge on any atom is 0.341 e. The summed E-state index contributed by atoms with van der Waals surface area (Å²) < 4.78 is 59.2. The third kappa shape index (κ3) is 2.80. The van der Waals surface area contributed by atoms with E-state index in [2.05, 4.69) is 0 Å². The molecule has 2 unspecified atom stereocenters. The molecule has 0 radical (unpaired) electrons. The average molecular weight is 439 g/mol. The van der Waals surface area contributed by atoms with Crippen LogP contribution in [0, 0.1) is 18.7 Å². The number of aryl methyl sites for hydroxylation is 1. The Morgan fingerprint density at radius 2 is 2.00 bits per heavy atom. The number of benzene rings is 1. The molecule has 3 fully saturated rings. The zero-order valence-electron chi connectivity index (χ0n) is 16.7. The van der Waals surface area contributed by atoms with Crippen LogP contribution in [0.2, 0.25) is 0 Å². The summed E-state index contributed by atoms with van der Waals surface area (Å²) in [6.07, 6.45) is -0.167. The van der Waals surface area contributed by atoms with Crippen LogP contribution in [-0.2, 0) is 0 Å². The van der Waals surface area contributed by atoms with Gasteiger partial charge in [0.25, 0.3) is 5.92 Å². The van der Waals surface area contributed by atoms with Crippen molar-refractivity contribution in [1.29, 1.82) is 0 Å². The fourth-order valence-electron chi connectivity index (χ4n) is 5.40. The van der Waals surface area contributed by atoms with Gasteiger partial charge < -0.3 is 20.3 Å². The van der Waals surface area contributed by atoms with Gasteiger partial charge in [-0.1, -0.05) is 0 Å². The van der Waals surface area contributed by atoms with Gasteiger partial charge in [-0.05, 0) is 25.0 Å². The first-order valence-corrected chi connectivity index (χ1v) is 10.1. The summed E-state index contributed by atoms with van der Waals surface area (Å²) in [7, 11) is 0. The first kappa shape index (κ1) is 20.3. The largest absolute Gasteiger partial charge is 0.477 e. The Morgan fingerprint density at radius 3 is 2.58 bits per heavy atom. The van der Waals surface area contributed by atoms with Crippen molar-refractivity contribution in [2.75, 3.05) is 18.0 Å². The van der Waals surface area contributed by atoms with E-state index in [9.17, 15) is 27.9 Å². The Labute approximate surface area is 174 Å². The molecule has 1 aromatic heterocycles. The number of carboxylic acid groups (broad SMARTS) is 1. The molecule has 3 N–H and O–H groups in total. The lowest BCUT2D eigenvalue weighted by Crippen LogP contribution is -2.47. The summed E-state index contributed by atoms with van der Waals surface area (Å²) >= 11 is 0. The first-order chi connectivity index (χ1) is 14.4. The average Bonchev–Trinajstić information content (AvgIpc) is 3.22. The van der Waals surface area contributed by atoms with Gasteiger partial charge in [-0.25, -0.2) is 22.4 Å². The smallest absolute Gasteiger partial charge is 0.341 e. The number of anilines is 1. The van der Waals surface area contributed by atoms with Crippen molar-refractivity contribution in [2.24, 2.45) is 11.7 Å². The van der Waals surface area contributed by atoms with Crippen LogP contribution in [0.1, 0.15) is 41.2 Å². The van der Waals surface area contributed by atoms with Gasteiger partial charge in [0.2, 0.25) is 5.43 Å². The molecule has 2 aliphatic carbocycles. The van der Waals surface area contributed by atoms with E-state index in [-0.39, 0.29) is 54.5 Å². The lowest BCUT2D eigenvalue weighted by molar-refractivity contribution is -0.0377. The standard InChI is InChI=1S/C21H21F4N3O3/c1-9-16-10(18(29)11(19(30)31)6-28(16)14-5-12(14)22)4-13(23)17(9)27-7-15-20(26,8-27)2-3-21(15,24)25/h4,6,12,14-15H,2-3,5,7-8,26H2,1H3,(H,30,31)/t12-,14?,15+,20?/m0/s1. The molecule has 4 atom stereocenters. The minimum Gasteiger partial charge on any atom is -0.477 e. The Morgan fingerprint density at radius 1 is 1.32 bits per heavy atom. The molecule has 31 heavy (non-hydrogen) atoms. The quantitative estimate of drug-likeness (QED) is 0.718. The number of carbonyl (C=O) groups is 1. The third-order valence-corrected chi connectivity index (χ3v) is 7.08. The maximum absolute atomic E-state index is 15.2. The van der Waals surface area contributed by atoms with Crippen LogP contribution < -0.4 is 16.1 Å². The number of halogens is 4. The van der Waals surface area contributed by atoms with Crippen molar-refractivity contribution in [1.82, 2.24) is 4.57 Å².